The topological polar surface area (TPSA) is 84.3 Å². The van der Waals surface area contributed by atoms with Crippen molar-refractivity contribution in [3.8, 4) is 17.3 Å². The van der Waals surface area contributed by atoms with Gasteiger partial charge in [0.05, 0.1) is 18.4 Å². The smallest absolute Gasteiger partial charge is 0.335 e. The number of hydrogen-bond donors (Lipinski definition) is 2. The summed E-state index contributed by atoms with van der Waals surface area (Å²) in [6, 6.07) is 14.7. The summed E-state index contributed by atoms with van der Waals surface area (Å²) in [6.07, 6.45) is 0.691. The third-order valence-corrected chi connectivity index (χ3v) is 3.93. The summed E-state index contributed by atoms with van der Waals surface area (Å²) < 4.78 is 18.1. The van der Waals surface area contributed by atoms with Gasteiger partial charge < -0.3 is 15.2 Å². The van der Waals surface area contributed by atoms with Gasteiger partial charge in [0.15, 0.2) is 0 Å². The molecule has 6 nitrogen and oxygen atoms in total. The highest BCUT2D eigenvalue weighted by Gasteiger charge is 2.10. The number of benzene rings is 2. The van der Waals surface area contributed by atoms with Gasteiger partial charge in [-0.2, -0.15) is 9.97 Å². The number of methoxy groups -OCH3 is 1. The van der Waals surface area contributed by atoms with Crippen molar-refractivity contribution in [2.75, 3.05) is 19.0 Å². The molecule has 2 N–H and O–H groups in total. The monoisotopic (exact) mass is 403 g/mol. The van der Waals surface area contributed by atoms with Crippen LogP contribution in [0, 0.1) is 5.82 Å². The molecule has 8 heteroatoms. The van der Waals surface area contributed by atoms with Crippen molar-refractivity contribution in [1.82, 2.24) is 9.97 Å². The molecule has 0 bridgehead atoms. The molecule has 3 rings (SSSR count). The molecule has 3 aromatic rings. The first-order chi connectivity index (χ1) is 13.0. The molecular formula is C20H19ClFN3O3. The number of rotatable bonds is 7. The van der Waals surface area contributed by atoms with Crippen LogP contribution < -0.4 is 10.1 Å². The van der Waals surface area contributed by atoms with Crippen LogP contribution in [-0.2, 0) is 6.42 Å². The fourth-order valence-electron chi connectivity index (χ4n) is 2.55. The zero-order valence-corrected chi connectivity index (χ0v) is 15.9. The summed E-state index contributed by atoms with van der Waals surface area (Å²) >= 11 is 0. The summed E-state index contributed by atoms with van der Waals surface area (Å²) in [4.78, 5) is 19.7. The Labute approximate surface area is 167 Å². The summed E-state index contributed by atoms with van der Waals surface area (Å²) in [5, 5.41) is 12.3. The lowest BCUT2D eigenvalue weighted by molar-refractivity contribution is 0.0697. The van der Waals surface area contributed by atoms with Crippen molar-refractivity contribution >= 4 is 24.2 Å². The predicted molar refractivity (Wildman–Crippen MR) is 107 cm³/mol. The highest BCUT2D eigenvalue weighted by Crippen LogP contribution is 2.23. The second-order valence-corrected chi connectivity index (χ2v) is 5.81. The molecule has 1 heterocycles. The summed E-state index contributed by atoms with van der Waals surface area (Å²) in [5.41, 5.74) is 2.38. The lowest BCUT2D eigenvalue weighted by Crippen LogP contribution is -2.08. The maximum Gasteiger partial charge on any atom is 0.335 e. The molecule has 2 aromatic carbocycles. The number of aromatic nitrogens is 2. The quantitative estimate of drug-likeness (QED) is 0.618. The van der Waals surface area contributed by atoms with Gasteiger partial charge in [-0.25, -0.2) is 9.18 Å². The van der Waals surface area contributed by atoms with Crippen molar-refractivity contribution in [3.63, 3.8) is 0 Å². The minimum Gasteiger partial charge on any atom is -0.478 e. The average Bonchev–Trinajstić information content (AvgIpc) is 2.69. The maximum absolute atomic E-state index is 13.0. The van der Waals surface area contributed by atoms with Crippen LogP contribution in [-0.4, -0.2) is 34.7 Å². The molecule has 0 unspecified atom stereocenters. The Morgan fingerprint density at radius 2 is 1.89 bits per heavy atom. The van der Waals surface area contributed by atoms with Gasteiger partial charge in [-0.1, -0.05) is 24.3 Å². The van der Waals surface area contributed by atoms with Gasteiger partial charge in [-0.05, 0) is 36.2 Å². The number of carbonyl (C=O) groups is 1. The van der Waals surface area contributed by atoms with Crippen molar-refractivity contribution < 1.29 is 19.0 Å². The van der Waals surface area contributed by atoms with Crippen molar-refractivity contribution in [3.05, 3.63) is 71.5 Å². The number of halogens is 2. The molecule has 0 spiro atoms. The standard InChI is InChI=1S/C20H18FN3O3.ClH/c1-27-20-23-17(14-3-2-4-15(11-14)19(25)26)12-18(24-20)22-10-9-13-5-7-16(21)8-6-13;/h2-8,11-12H,9-10H2,1H3,(H,25,26)(H,22,23,24);1H. The highest BCUT2D eigenvalue weighted by molar-refractivity contribution is 5.89. The lowest BCUT2D eigenvalue weighted by atomic mass is 10.1. The number of anilines is 1. The number of nitrogens with one attached hydrogen (secondary N) is 1. The molecule has 0 fully saturated rings. The highest BCUT2D eigenvalue weighted by atomic mass is 35.5. The van der Waals surface area contributed by atoms with Crippen molar-refractivity contribution in [1.29, 1.82) is 0 Å². The minimum absolute atomic E-state index is 0. The number of ether oxygens (including phenoxy) is 1. The largest absolute Gasteiger partial charge is 0.478 e. The Kier molecular flexibility index (Phi) is 7.28. The number of nitrogens with zero attached hydrogens (tertiary/aromatic N) is 2. The van der Waals surface area contributed by atoms with Gasteiger partial charge >= 0.3 is 12.0 Å². The van der Waals surface area contributed by atoms with E-state index in [2.05, 4.69) is 15.3 Å². The summed E-state index contributed by atoms with van der Waals surface area (Å²) in [6.45, 7) is 0.584. The predicted octanol–water partition coefficient (Wildman–Crippen LogP) is 4.07. The third-order valence-electron chi connectivity index (χ3n) is 3.93. The summed E-state index contributed by atoms with van der Waals surface area (Å²) in [7, 11) is 1.47. The van der Waals surface area contributed by atoms with Crippen LogP contribution in [0.15, 0.2) is 54.6 Å². The molecule has 0 aliphatic carbocycles. The lowest BCUT2D eigenvalue weighted by Gasteiger charge is -2.10. The van der Waals surface area contributed by atoms with Crippen LogP contribution in [0.3, 0.4) is 0 Å². The van der Waals surface area contributed by atoms with Gasteiger partial charge in [0.2, 0.25) is 0 Å². The maximum atomic E-state index is 13.0. The van der Waals surface area contributed by atoms with Gasteiger partial charge in [-0.3, -0.25) is 0 Å². The van der Waals surface area contributed by atoms with Gasteiger partial charge in [0, 0.05) is 18.2 Å². The molecule has 0 amide bonds. The Morgan fingerprint density at radius 3 is 2.57 bits per heavy atom. The molecule has 0 saturated heterocycles. The molecule has 0 saturated carbocycles. The van der Waals surface area contributed by atoms with E-state index in [0.29, 0.717) is 30.0 Å². The van der Waals surface area contributed by atoms with E-state index in [1.165, 1.54) is 25.3 Å². The van der Waals surface area contributed by atoms with Crippen LogP contribution in [0.25, 0.3) is 11.3 Å². The van der Waals surface area contributed by atoms with E-state index >= 15 is 0 Å². The van der Waals surface area contributed by atoms with Crippen LogP contribution in [0.4, 0.5) is 10.2 Å². The molecule has 0 radical (unpaired) electrons. The van der Waals surface area contributed by atoms with Crippen LogP contribution in [0.2, 0.25) is 0 Å². The Hall–Kier alpha value is -3.19. The molecule has 146 valence electrons. The summed E-state index contributed by atoms with van der Waals surface area (Å²) in [5.74, 6) is -0.712. The number of carboxylic acids is 1. The van der Waals surface area contributed by atoms with Crippen molar-refractivity contribution in [2.24, 2.45) is 0 Å². The van der Waals surface area contributed by atoms with E-state index in [9.17, 15) is 9.18 Å². The Morgan fingerprint density at radius 1 is 1.14 bits per heavy atom. The first-order valence-electron chi connectivity index (χ1n) is 8.30. The second-order valence-electron chi connectivity index (χ2n) is 5.81. The van der Waals surface area contributed by atoms with Gasteiger partial charge in [0.1, 0.15) is 11.6 Å². The van der Waals surface area contributed by atoms with E-state index in [-0.39, 0.29) is 29.8 Å². The SMILES string of the molecule is COc1nc(NCCc2ccc(F)cc2)cc(-c2cccc(C(=O)O)c2)n1.Cl. The van der Waals surface area contributed by atoms with Gasteiger partial charge in [-0.15, -0.1) is 12.4 Å². The van der Waals surface area contributed by atoms with E-state index < -0.39 is 5.97 Å². The van der Waals surface area contributed by atoms with Crippen LogP contribution >= 0.6 is 12.4 Å². The Balaban J connectivity index is 0.00000280. The molecule has 0 atom stereocenters. The minimum atomic E-state index is -1.00. The molecule has 0 aliphatic rings. The van der Waals surface area contributed by atoms with E-state index in [0.717, 1.165) is 5.56 Å². The fourth-order valence-corrected chi connectivity index (χ4v) is 2.55. The second kappa shape index (κ2) is 9.66. The normalized spacial score (nSPS) is 10.1. The number of carboxylic acid groups (broad SMARTS) is 1. The first kappa shape index (κ1) is 21.1. The first-order valence-corrected chi connectivity index (χ1v) is 8.30. The number of hydrogen-bond acceptors (Lipinski definition) is 5. The third kappa shape index (κ3) is 5.40. The van der Waals surface area contributed by atoms with Crippen LogP contribution in [0.5, 0.6) is 6.01 Å². The molecule has 0 aliphatic heterocycles. The van der Waals surface area contributed by atoms with Crippen LogP contribution in [0.1, 0.15) is 15.9 Å². The fraction of sp³-hybridized carbons (Fsp3) is 0.150. The Bertz CT molecular complexity index is 952. The van der Waals surface area contributed by atoms with Crippen molar-refractivity contribution in [2.45, 2.75) is 6.42 Å². The molecule has 28 heavy (non-hydrogen) atoms. The zero-order valence-electron chi connectivity index (χ0n) is 15.1. The molecule has 1 aromatic heterocycles. The zero-order chi connectivity index (χ0) is 19.2. The van der Waals surface area contributed by atoms with Gasteiger partial charge in [0.25, 0.3) is 0 Å². The number of aromatic carboxylic acids is 1. The van der Waals surface area contributed by atoms with E-state index in [1.807, 2.05) is 0 Å². The van der Waals surface area contributed by atoms with E-state index in [1.54, 1.807) is 36.4 Å². The van der Waals surface area contributed by atoms with E-state index in [4.69, 9.17) is 9.84 Å². The average molecular weight is 404 g/mol. The molecular weight excluding hydrogens is 385 g/mol.